The molecule has 0 saturated heterocycles. The third-order valence-electron chi connectivity index (χ3n) is 4.09. The molecule has 1 aliphatic rings. The van der Waals surface area contributed by atoms with Crippen molar-refractivity contribution < 1.29 is 9.90 Å². The second kappa shape index (κ2) is 7.38. The van der Waals surface area contributed by atoms with Crippen LogP contribution in [-0.4, -0.2) is 40.1 Å². The number of fused-ring (bicyclic) bond motifs is 1. The first-order valence-electron chi connectivity index (χ1n) is 8.23. The number of benzene rings is 1. The van der Waals surface area contributed by atoms with E-state index in [2.05, 4.69) is 4.98 Å². The van der Waals surface area contributed by atoms with Crippen molar-refractivity contribution in [1.29, 1.82) is 0 Å². The van der Waals surface area contributed by atoms with Crippen LogP contribution in [0.15, 0.2) is 42.5 Å². The van der Waals surface area contributed by atoms with Gasteiger partial charge < -0.3 is 10.0 Å². The molecule has 0 bridgehead atoms. The summed E-state index contributed by atoms with van der Waals surface area (Å²) >= 11 is 0. The van der Waals surface area contributed by atoms with E-state index in [9.17, 15) is 4.79 Å². The quantitative estimate of drug-likeness (QED) is 0.632. The number of aliphatic hydroxyl groups excluding tert-OH is 1. The Hall–Kier alpha value is -2.20. The maximum absolute atomic E-state index is 12.4. The summed E-state index contributed by atoms with van der Waals surface area (Å²) in [6.07, 6.45) is 7.18. The van der Waals surface area contributed by atoms with Gasteiger partial charge >= 0.3 is 0 Å². The number of carbonyl (C=O) groups is 1. The summed E-state index contributed by atoms with van der Waals surface area (Å²) in [5.41, 5.74) is 1.73. The van der Waals surface area contributed by atoms with Crippen molar-refractivity contribution in [2.24, 2.45) is 0 Å². The third kappa shape index (κ3) is 4.17. The van der Waals surface area contributed by atoms with Crippen molar-refractivity contribution in [2.45, 2.75) is 31.7 Å². The number of aliphatic hydroxyl groups is 1. The monoisotopic (exact) mass is 310 g/mol. The van der Waals surface area contributed by atoms with Gasteiger partial charge in [-0.2, -0.15) is 0 Å². The molecule has 1 saturated carbocycles. The number of pyridine rings is 1. The molecule has 1 aromatic heterocycles. The van der Waals surface area contributed by atoms with Gasteiger partial charge in [-0.25, -0.2) is 4.98 Å². The van der Waals surface area contributed by atoms with E-state index in [-0.39, 0.29) is 12.5 Å². The van der Waals surface area contributed by atoms with Gasteiger partial charge in [-0.3, -0.25) is 4.79 Å². The van der Waals surface area contributed by atoms with Gasteiger partial charge in [0.25, 0.3) is 0 Å². The molecule has 0 unspecified atom stereocenters. The molecule has 3 rings (SSSR count). The number of rotatable bonds is 7. The zero-order valence-corrected chi connectivity index (χ0v) is 13.2. The van der Waals surface area contributed by atoms with Crippen LogP contribution in [0.3, 0.4) is 0 Å². The minimum atomic E-state index is 0.0420. The van der Waals surface area contributed by atoms with Gasteiger partial charge in [0.05, 0.1) is 11.2 Å². The lowest BCUT2D eigenvalue weighted by Gasteiger charge is -2.20. The number of unbranched alkanes of at least 4 members (excludes halogenated alkanes) is 1. The van der Waals surface area contributed by atoms with E-state index >= 15 is 0 Å². The van der Waals surface area contributed by atoms with Crippen LogP contribution in [-0.2, 0) is 4.79 Å². The summed E-state index contributed by atoms with van der Waals surface area (Å²) in [4.78, 5) is 18.9. The number of amides is 1. The Balaban J connectivity index is 1.67. The Morgan fingerprint density at radius 2 is 2.04 bits per heavy atom. The maximum Gasteiger partial charge on any atom is 0.246 e. The van der Waals surface area contributed by atoms with Gasteiger partial charge in [-0.1, -0.05) is 24.3 Å². The standard InChI is InChI=1S/C19H22N2O2/c22-14-4-3-13-21(17-10-11-17)19(23)12-9-16-8-7-15-5-1-2-6-18(15)20-16/h1-2,5-9,12,17,22H,3-4,10-11,13-14H2/b12-9+. The first-order chi connectivity index (χ1) is 11.3. The molecule has 1 aliphatic carbocycles. The Labute approximate surface area is 136 Å². The molecule has 0 aliphatic heterocycles. The lowest BCUT2D eigenvalue weighted by Crippen LogP contribution is -2.32. The van der Waals surface area contributed by atoms with Crippen LogP contribution in [0.25, 0.3) is 17.0 Å². The van der Waals surface area contributed by atoms with Crippen molar-refractivity contribution in [3.05, 3.63) is 48.2 Å². The van der Waals surface area contributed by atoms with Gasteiger partial charge in [0.15, 0.2) is 0 Å². The normalized spacial score (nSPS) is 14.5. The Morgan fingerprint density at radius 1 is 1.22 bits per heavy atom. The van der Waals surface area contributed by atoms with E-state index in [1.165, 1.54) is 0 Å². The van der Waals surface area contributed by atoms with E-state index < -0.39 is 0 Å². The summed E-state index contributed by atoms with van der Waals surface area (Å²) in [5.74, 6) is 0.0420. The van der Waals surface area contributed by atoms with Crippen molar-refractivity contribution >= 4 is 22.9 Å². The Kier molecular flexibility index (Phi) is 5.03. The molecule has 2 aromatic rings. The van der Waals surface area contributed by atoms with E-state index in [1.54, 1.807) is 12.2 Å². The van der Waals surface area contributed by atoms with E-state index in [0.717, 1.165) is 48.8 Å². The second-order valence-corrected chi connectivity index (χ2v) is 5.96. The predicted octanol–water partition coefficient (Wildman–Crippen LogP) is 3.01. The number of hydrogen-bond donors (Lipinski definition) is 1. The highest BCUT2D eigenvalue weighted by atomic mass is 16.3. The van der Waals surface area contributed by atoms with Crippen LogP contribution in [0, 0.1) is 0 Å². The van der Waals surface area contributed by atoms with Crippen LogP contribution in [0.2, 0.25) is 0 Å². The van der Waals surface area contributed by atoms with E-state index in [0.29, 0.717) is 6.04 Å². The molecular formula is C19H22N2O2. The zero-order valence-electron chi connectivity index (χ0n) is 13.2. The lowest BCUT2D eigenvalue weighted by molar-refractivity contribution is -0.126. The molecule has 1 heterocycles. The number of hydrogen-bond acceptors (Lipinski definition) is 3. The van der Waals surface area contributed by atoms with Gasteiger partial charge in [0.2, 0.25) is 5.91 Å². The van der Waals surface area contributed by atoms with E-state index in [1.807, 2.05) is 41.3 Å². The van der Waals surface area contributed by atoms with Gasteiger partial charge in [0.1, 0.15) is 0 Å². The second-order valence-electron chi connectivity index (χ2n) is 5.96. The van der Waals surface area contributed by atoms with Crippen LogP contribution >= 0.6 is 0 Å². The number of carbonyl (C=O) groups excluding carboxylic acids is 1. The number of aromatic nitrogens is 1. The fourth-order valence-corrected chi connectivity index (χ4v) is 2.68. The lowest BCUT2D eigenvalue weighted by atomic mass is 10.2. The molecule has 1 aromatic carbocycles. The molecule has 23 heavy (non-hydrogen) atoms. The van der Waals surface area contributed by atoms with Crippen LogP contribution < -0.4 is 0 Å². The van der Waals surface area contributed by atoms with Crippen molar-refractivity contribution in [2.75, 3.05) is 13.2 Å². The topological polar surface area (TPSA) is 53.4 Å². The SMILES string of the molecule is O=C(/C=C/c1ccc2ccccc2n1)N(CCCCO)C1CC1. The Morgan fingerprint density at radius 3 is 2.83 bits per heavy atom. The molecule has 0 atom stereocenters. The third-order valence-corrected chi connectivity index (χ3v) is 4.09. The van der Waals surface area contributed by atoms with Crippen LogP contribution in [0.1, 0.15) is 31.4 Å². The Bertz CT molecular complexity index is 707. The highest BCUT2D eigenvalue weighted by Crippen LogP contribution is 2.27. The highest BCUT2D eigenvalue weighted by molar-refractivity contribution is 5.92. The number of para-hydroxylation sites is 1. The molecular weight excluding hydrogens is 288 g/mol. The fraction of sp³-hybridized carbons (Fsp3) is 0.368. The van der Waals surface area contributed by atoms with Crippen LogP contribution in [0.5, 0.6) is 0 Å². The zero-order chi connectivity index (χ0) is 16.1. The molecule has 1 fully saturated rings. The average molecular weight is 310 g/mol. The highest BCUT2D eigenvalue weighted by Gasteiger charge is 2.30. The molecule has 4 nitrogen and oxygen atoms in total. The first-order valence-corrected chi connectivity index (χ1v) is 8.23. The largest absolute Gasteiger partial charge is 0.396 e. The van der Waals surface area contributed by atoms with Crippen molar-refractivity contribution in [3.63, 3.8) is 0 Å². The summed E-state index contributed by atoms with van der Waals surface area (Å²) < 4.78 is 0. The minimum Gasteiger partial charge on any atom is -0.396 e. The van der Waals surface area contributed by atoms with Crippen molar-refractivity contribution in [1.82, 2.24) is 9.88 Å². The van der Waals surface area contributed by atoms with Gasteiger partial charge in [-0.05, 0) is 43.9 Å². The molecule has 1 amide bonds. The van der Waals surface area contributed by atoms with Gasteiger partial charge in [-0.15, -0.1) is 0 Å². The molecule has 4 heteroatoms. The fourth-order valence-electron chi connectivity index (χ4n) is 2.68. The molecule has 0 spiro atoms. The molecule has 1 N–H and O–H groups in total. The van der Waals surface area contributed by atoms with Crippen LogP contribution in [0.4, 0.5) is 0 Å². The number of nitrogens with zero attached hydrogens (tertiary/aromatic N) is 2. The summed E-state index contributed by atoms with van der Waals surface area (Å²) in [6, 6.07) is 12.3. The average Bonchev–Trinajstić information content (AvgIpc) is 3.41. The predicted molar refractivity (Wildman–Crippen MR) is 91.8 cm³/mol. The van der Waals surface area contributed by atoms with E-state index in [4.69, 9.17) is 5.11 Å². The molecule has 120 valence electrons. The maximum atomic E-state index is 12.4. The van der Waals surface area contributed by atoms with Crippen molar-refractivity contribution in [3.8, 4) is 0 Å². The van der Waals surface area contributed by atoms with Gasteiger partial charge in [0, 0.05) is 30.7 Å². The molecule has 0 radical (unpaired) electrons. The minimum absolute atomic E-state index is 0.0420. The first kappa shape index (κ1) is 15.7. The summed E-state index contributed by atoms with van der Waals surface area (Å²) in [7, 11) is 0. The summed E-state index contributed by atoms with van der Waals surface area (Å²) in [5, 5.41) is 9.98. The smallest absolute Gasteiger partial charge is 0.246 e. The summed E-state index contributed by atoms with van der Waals surface area (Å²) in [6.45, 7) is 0.906.